The van der Waals surface area contributed by atoms with Crippen molar-refractivity contribution in [2.45, 2.75) is 12.6 Å². The highest BCUT2D eigenvalue weighted by molar-refractivity contribution is 6.31. The fourth-order valence-electron chi connectivity index (χ4n) is 1.49. The van der Waals surface area contributed by atoms with E-state index >= 15 is 0 Å². The molecule has 0 amide bonds. The predicted molar refractivity (Wildman–Crippen MR) is 56.8 cm³/mol. The van der Waals surface area contributed by atoms with Crippen LogP contribution in [0, 0.1) is 0 Å². The molecule has 0 radical (unpaired) electrons. The van der Waals surface area contributed by atoms with Crippen molar-refractivity contribution in [2.75, 3.05) is 6.54 Å². The Kier molecular flexibility index (Phi) is 3.01. The molecule has 0 fully saturated rings. The second kappa shape index (κ2) is 4.19. The van der Waals surface area contributed by atoms with E-state index in [0.29, 0.717) is 0 Å². The van der Waals surface area contributed by atoms with Gasteiger partial charge in [0.1, 0.15) is 11.1 Å². The highest BCUT2D eigenvalue weighted by Gasteiger charge is 2.35. The molecular weight excluding hydrogens is 257 g/mol. The van der Waals surface area contributed by atoms with Crippen molar-refractivity contribution in [3.8, 4) is 0 Å². The Balaban J connectivity index is 2.66. The van der Waals surface area contributed by atoms with Gasteiger partial charge in [0, 0.05) is 18.0 Å². The lowest BCUT2D eigenvalue weighted by Crippen LogP contribution is -2.05. The Morgan fingerprint density at radius 1 is 1.35 bits per heavy atom. The lowest BCUT2D eigenvalue weighted by molar-refractivity contribution is -0.136. The summed E-state index contributed by atoms with van der Waals surface area (Å²) in [4.78, 5) is 3.91. The third-order valence-corrected chi connectivity index (χ3v) is 2.38. The number of hydrogen-bond donors (Lipinski definition) is 1. The molecule has 2 rings (SSSR count). The number of benzene rings is 1. The molecule has 0 aliphatic heterocycles. The molecule has 2 aromatic rings. The van der Waals surface area contributed by atoms with Gasteiger partial charge in [0.05, 0.1) is 0 Å². The topological polar surface area (TPSA) is 52.0 Å². The number of nitrogens with two attached hydrogens (primary N) is 1. The normalized spacial score (nSPS) is 12.3. The zero-order valence-corrected chi connectivity index (χ0v) is 9.27. The quantitative estimate of drug-likeness (QED) is 0.907. The number of aromatic nitrogens is 1. The van der Waals surface area contributed by atoms with Crippen LogP contribution in [0.3, 0.4) is 0 Å². The predicted octanol–water partition coefficient (Wildman–Crippen LogP) is 3.00. The molecular formula is C10H8ClF3N2O. The second-order valence-corrected chi connectivity index (χ2v) is 3.88. The van der Waals surface area contributed by atoms with E-state index in [1.54, 1.807) is 0 Å². The SMILES string of the molecule is NCCc1nc2cc(Cl)cc(C(F)(F)F)c2o1. The summed E-state index contributed by atoms with van der Waals surface area (Å²) in [5, 5.41) is -0.0302. The van der Waals surface area contributed by atoms with Crippen molar-refractivity contribution in [3.05, 3.63) is 28.6 Å². The van der Waals surface area contributed by atoms with E-state index in [1.165, 1.54) is 6.07 Å². The van der Waals surface area contributed by atoms with Gasteiger partial charge >= 0.3 is 6.18 Å². The van der Waals surface area contributed by atoms with Gasteiger partial charge in [-0.3, -0.25) is 0 Å². The maximum atomic E-state index is 12.7. The maximum absolute atomic E-state index is 12.7. The minimum absolute atomic E-state index is 0.0302. The third kappa shape index (κ3) is 2.37. The first-order chi connectivity index (χ1) is 7.91. The molecule has 1 aromatic heterocycles. The molecule has 1 heterocycles. The Labute approximate surface area is 99.4 Å². The van der Waals surface area contributed by atoms with Crippen LogP contribution in [-0.2, 0) is 12.6 Å². The number of hydrogen-bond acceptors (Lipinski definition) is 3. The fourth-order valence-corrected chi connectivity index (χ4v) is 1.70. The molecule has 0 atom stereocenters. The van der Waals surface area contributed by atoms with Crippen molar-refractivity contribution in [2.24, 2.45) is 5.73 Å². The molecule has 0 saturated heterocycles. The molecule has 3 nitrogen and oxygen atoms in total. The van der Waals surface area contributed by atoms with Gasteiger partial charge in [-0.05, 0) is 12.1 Å². The van der Waals surface area contributed by atoms with E-state index in [0.717, 1.165) is 6.07 Å². The minimum atomic E-state index is -4.53. The number of halogens is 4. The van der Waals surface area contributed by atoms with E-state index in [-0.39, 0.29) is 35.0 Å². The summed E-state index contributed by atoms with van der Waals surface area (Å²) >= 11 is 5.61. The van der Waals surface area contributed by atoms with Crippen LogP contribution in [0.25, 0.3) is 11.1 Å². The Morgan fingerprint density at radius 2 is 2.06 bits per heavy atom. The summed E-state index contributed by atoms with van der Waals surface area (Å²) in [7, 11) is 0. The van der Waals surface area contributed by atoms with Gasteiger partial charge in [0.25, 0.3) is 0 Å². The van der Waals surface area contributed by atoms with Crippen LogP contribution in [0.2, 0.25) is 5.02 Å². The molecule has 7 heteroatoms. The standard InChI is InChI=1S/C10H8ClF3N2O/c11-5-3-6(10(12,13)14)9-7(4-5)16-8(17-9)1-2-15/h3-4H,1-2,15H2. The van der Waals surface area contributed by atoms with Crippen LogP contribution >= 0.6 is 11.6 Å². The summed E-state index contributed by atoms with van der Waals surface area (Å²) in [6, 6.07) is 2.15. The fraction of sp³-hybridized carbons (Fsp3) is 0.300. The summed E-state index contributed by atoms with van der Waals surface area (Å²) in [5.74, 6) is 0.176. The molecule has 17 heavy (non-hydrogen) atoms. The highest BCUT2D eigenvalue weighted by Crippen LogP contribution is 2.37. The van der Waals surface area contributed by atoms with E-state index in [4.69, 9.17) is 21.8 Å². The molecule has 0 aliphatic carbocycles. The second-order valence-electron chi connectivity index (χ2n) is 3.45. The van der Waals surface area contributed by atoms with Crippen LogP contribution < -0.4 is 5.73 Å². The summed E-state index contributed by atoms with van der Waals surface area (Å²) < 4.78 is 43.2. The highest BCUT2D eigenvalue weighted by atomic mass is 35.5. The lowest BCUT2D eigenvalue weighted by Gasteiger charge is -2.06. The first-order valence-electron chi connectivity index (χ1n) is 4.78. The first kappa shape index (κ1) is 12.2. The number of oxazole rings is 1. The average Bonchev–Trinajstić information content (AvgIpc) is 2.57. The van der Waals surface area contributed by atoms with E-state index in [9.17, 15) is 13.2 Å². The van der Waals surface area contributed by atoms with Crippen molar-refractivity contribution in [1.29, 1.82) is 0 Å². The van der Waals surface area contributed by atoms with Crippen molar-refractivity contribution in [1.82, 2.24) is 4.98 Å². The monoisotopic (exact) mass is 264 g/mol. The van der Waals surface area contributed by atoms with Crippen molar-refractivity contribution in [3.63, 3.8) is 0 Å². The van der Waals surface area contributed by atoms with Gasteiger partial charge in [-0.25, -0.2) is 4.98 Å². The van der Waals surface area contributed by atoms with Crippen LogP contribution in [-0.4, -0.2) is 11.5 Å². The molecule has 0 bridgehead atoms. The molecule has 1 aromatic carbocycles. The number of fused-ring (bicyclic) bond motifs is 1. The van der Waals surface area contributed by atoms with Crippen molar-refractivity contribution < 1.29 is 17.6 Å². The van der Waals surface area contributed by atoms with E-state index in [2.05, 4.69) is 4.98 Å². The zero-order chi connectivity index (χ0) is 12.6. The maximum Gasteiger partial charge on any atom is 0.420 e. The number of alkyl halides is 3. The Bertz CT molecular complexity index is 550. The number of rotatable bonds is 2. The molecule has 2 N–H and O–H groups in total. The van der Waals surface area contributed by atoms with Gasteiger partial charge < -0.3 is 10.2 Å². The van der Waals surface area contributed by atoms with E-state index in [1.807, 2.05) is 0 Å². The number of nitrogens with zero attached hydrogens (tertiary/aromatic N) is 1. The van der Waals surface area contributed by atoms with Gasteiger partial charge in [0.2, 0.25) is 0 Å². The summed E-state index contributed by atoms with van der Waals surface area (Å²) in [6.45, 7) is 0.252. The van der Waals surface area contributed by atoms with Crippen LogP contribution in [0.15, 0.2) is 16.5 Å². The molecule has 0 spiro atoms. The summed E-state index contributed by atoms with van der Waals surface area (Å²) in [6.07, 6.45) is -4.24. The average molecular weight is 265 g/mol. The van der Waals surface area contributed by atoms with Crippen LogP contribution in [0.1, 0.15) is 11.5 Å². The Hall–Kier alpha value is -1.27. The van der Waals surface area contributed by atoms with Crippen molar-refractivity contribution >= 4 is 22.7 Å². The van der Waals surface area contributed by atoms with Crippen LogP contribution in [0.5, 0.6) is 0 Å². The van der Waals surface area contributed by atoms with Gasteiger partial charge in [-0.2, -0.15) is 13.2 Å². The van der Waals surface area contributed by atoms with Gasteiger partial charge in [-0.15, -0.1) is 0 Å². The first-order valence-corrected chi connectivity index (χ1v) is 5.16. The van der Waals surface area contributed by atoms with Gasteiger partial charge in [0.15, 0.2) is 11.5 Å². The van der Waals surface area contributed by atoms with E-state index < -0.39 is 11.7 Å². The largest absolute Gasteiger partial charge is 0.440 e. The molecule has 0 saturated carbocycles. The van der Waals surface area contributed by atoms with Gasteiger partial charge in [-0.1, -0.05) is 11.6 Å². The third-order valence-electron chi connectivity index (χ3n) is 2.16. The lowest BCUT2D eigenvalue weighted by atomic mass is 10.2. The molecule has 0 unspecified atom stereocenters. The smallest absolute Gasteiger partial charge is 0.420 e. The Morgan fingerprint density at radius 3 is 2.65 bits per heavy atom. The molecule has 92 valence electrons. The summed E-state index contributed by atoms with van der Waals surface area (Å²) in [5.41, 5.74) is 4.16. The minimum Gasteiger partial charge on any atom is -0.440 e. The zero-order valence-electron chi connectivity index (χ0n) is 8.51. The van der Waals surface area contributed by atoms with Crippen LogP contribution in [0.4, 0.5) is 13.2 Å². The molecule has 0 aliphatic rings.